The van der Waals surface area contributed by atoms with Crippen LogP contribution in [-0.4, -0.2) is 18.5 Å². The van der Waals surface area contributed by atoms with Gasteiger partial charge < -0.3 is 11.1 Å². The Kier molecular flexibility index (Phi) is 5.04. The van der Waals surface area contributed by atoms with E-state index in [1.807, 2.05) is 0 Å². The maximum atomic E-state index is 11.7. The first-order valence-electron chi connectivity index (χ1n) is 7.67. The molecule has 0 radical (unpaired) electrons. The van der Waals surface area contributed by atoms with Gasteiger partial charge in [0, 0.05) is 19.0 Å². The molecule has 0 spiro atoms. The summed E-state index contributed by atoms with van der Waals surface area (Å²) in [5.41, 5.74) is 5.95. The van der Waals surface area contributed by atoms with Crippen molar-refractivity contribution in [2.75, 3.05) is 6.54 Å². The molecule has 18 heavy (non-hydrogen) atoms. The number of rotatable bonds is 6. The minimum Gasteiger partial charge on any atom is -0.356 e. The Bertz CT molecular complexity index is 276. The van der Waals surface area contributed by atoms with Crippen molar-refractivity contribution in [1.82, 2.24) is 5.32 Å². The smallest absolute Gasteiger partial charge is 0.221 e. The van der Waals surface area contributed by atoms with E-state index in [2.05, 4.69) is 12.2 Å². The molecule has 0 heterocycles. The highest BCUT2D eigenvalue weighted by atomic mass is 16.1. The Hall–Kier alpha value is -0.570. The maximum absolute atomic E-state index is 11.7. The van der Waals surface area contributed by atoms with E-state index in [1.54, 1.807) is 0 Å². The minimum absolute atomic E-state index is 0.0969. The molecule has 2 rings (SSSR count). The summed E-state index contributed by atoms with van der Waals surface area (Å²) < 4.78 is 0. The summed E-state index contributed by atoms with van der Waals surface area (Å²) in [5.74, 6) is 2.47. The summed E-state index contributed by atoms with van der Waals surface area (Å²) in [5, 5.41) is 3.04. The molecule has 1 amide bonds. The molecule has 2 saturated carbocycles. The van der Waals surface area contributed by atoms with Crippen LogP contribution in [0, 0.1) is 17.8 Å². The lowest BCUT2D eigenvalue weighted by Gasteiger charge is -2.26. The van der Waals surface area contributed by atoms with Gasteiger partial charge in [0.1, 0.15) is 0 Å². The third-order valence-electron chi connectivity index (χ3n) is 4.57. The second-order valence-electron chi connectivity index (χ2n) is 6.48. The number of nitrogens with two attached hydrogens (primary N) is 1. The van der Waals surface area contributed by atoms with Gasteiger partial charge >= 0.3 is 0 Å². The molecule has 2 fully saturated rings. The summed E-state index contributed by atoms with van der Waals surface area (Å²) >= 11 is 0. The fourth-order valence-electron chi connectivity index (χ4n) is 3.21. The van der Waals surface area contributed by atoms with Crippen LogP contribution >= 0.6 is 0 Å². The predicted molar refractivity (Wildman–Crippen MR) is 74.1 cm³/mol. The van der Waals surface area contributed by atoms with Crippen molar-refractivity contribution in [3.05, 3.63) is 0 Å². The van der Waals surface area contributed by atoms with Gasteiger partial charge in [0.2, 0.25) is 5.91 Å². The van der Waals surface area contributed by atoms with Gasteiger partial charge in [-0.05, 0) is 43.4 Å². The molecule has 3 heteroatoms. The average molecular weight is 252 g/mol. The van der Waals surface area contributed by atoms with Gasteiger partial charge in [-0.2, -0.15) is 0 Å². The maximum Gasteiger partial charge on any atom is 0.221 e. The van der Waals surface area contributed by atoms with Crippen LogP contribution in [-0.2, 0) is 4.79 Å². The highest BCUT2D eigenvalue weighted by molar-refractivity contribution is 5.76. The molecule has 104 valence electrons. The summed E-state index contributed by atoms with van der Waals surface area (Å²) in [4.78, 5) is 11.7. The molecule has 0 aliphatic heterocycles. The summed E-state index contributed by atoms with van der Waals surface area (Å²) in [6, 6.07) is 0.0969. The van der Waals surface area contributed by atoms with Crippen LogP contribution in [0.3, 0.4) is 0 Å². The third kappa shape index (κ3) is 4.60. The van der Waals surface area contributed by atoms with Crippen LogP contribution in [0.15, 0.2) is 0 Å². The molecule has 2 aliphatic carbocycles. The first-order chi connectivity index (χ1) is 8.65. The van der Waals surface area contributed by atoms with Gasteiger partial charge in [-0.3, -0.25) is 4.79 Å². The fraction of sp³-hybridized carbons (Fsp3) is 0.933. The van der Waals surface area contributed by atoms with Crippen molar-refractivity contribution >= 4 is 5.91 Å². The minimum atomic E-state index is 0.0969. The quantitative estimate of drug-likeness (QED) is 0.763. The van der Waals surface area contributed by atoms with E-state index in [9.17, 15) is 4.79 Å². The largest absolute Gasteiger partial charge is 0.356 e. The second kappa shape index (κ2) is 6.55. The zero-order valence-electron chi connectivity index (χ0n) is 11.7. The van der Waals surface area contributed by atoms with E-state index in [0.717, 1.165) is 24.8 Å². The number of hydrogen-bond acceptors (Lipinski definition) is 2. The number of nitrogens with one attached hydrogen (secondary N) is 1. The lowest BCUT2D eigenvalue weighted by Crippen LogP contribution is -2.34. The van der Waals surface area contributed by atoms with E-state index in [-0.39, 0.29) is 11.9 Å². The molecule has 3 unspecified atom stereocenters. The van der Waals surface area contributed by atoms with Crippen LogP contribution in [0.5, 0.6) is 0 Å². The number of amides is 1. The van der Waals surface area contributed by atoms with Crippen molar-refractivity contribution in [2.45, 2.75) is 64.3 Å². The van der Waals surface area contributed by atoms with E-state index >= 15 is 0 Å². The van der Waals surface area contributed by atoms with E-state index in [4.69, 9.17) is 5.73 Å². The van der Waals surface area contributed by atoms with Crippen molar-refractivity contribution < 1.29 is 4.79 Å². The van der Waals surface area contributed by atoms with Gasteiger partial charge in [-0.1, -0.05) is 26.2 Å². The van der Waals surface area contributed by atoms with Crippen molar-refractivity contribution in [3.8, 4) is 0 Å². The third-order valence-corrected chi connectivity index (χ3v) is 4.57. The Labute approximate surface area is 111 Å². The highest BCUT2D eigenvalue weighted by Gasteiger charge is 2.29. The topological polar surface area (TPSA) is 55.1 Å². The van der Waals surface area contributed by atoms with Crippen molar-refractivity contribution in [1.29, 1.82) is 0 Å². The lowest BCUT2D eigenvalue weighted by atomic mass is 9.81. The summed E-state index contributed by atoms with van der Waals surface area (Å²) in [6.07, 6.45) is 9.55. The molecule has 3 nitrogen and oxygen atoms in total. The van der Waals surface area contributed by atoms with E-state index in [1.165, 1.54) is 38.5 Å². The fourth-order valence-corrected chi connectivity index (χ4v) is 3.21. The molecular weight excluding hydrogens is 224 g/mol. The number of carbonyl (C=O) groups is 1. The van der Waals surface area contributed by atoms with Gasteiger partial charge in [-0.15, -0.1) is 0 Å². The van der Waals surface area contributed by atoms with Gasteiger partial charge in [0.25, 0.3) is 0 Å². The Morgan fingerprint density at radius 3 is 2.78 bits per heavy atom. The molecule has 0 bridgehead atoms. The molecule has 0 saturated heterocycles. The van der Waals surface area contributed by atoms with Gasteiger partial charge in [0.05, 0.1) is 0 Å². The Morgan fingerprint density at radius 2 is 2.11 bits per heavy atom. The predicted octanol–water partition coefficient (Wildman–Crippen LogP) is 2.45. The summed E-state index contributed by atoms with van der Waals surface area (Å²) in [7, 11) is 0. The number of hydrogen-bond donors (Lipinski definition) is 2. The molecule has 3 N–H and O–H groups in total. The summed E-state index contributed by atoms with van der Waals surface area (Å²) in [6.45, 7) is 3.19. The lowest BCUT2D eigenvalue weighted by molar-refractivity contribution is -0.121. The monoisotopic (exact) mass is 252 g/mol. The number of carbonyl (C=O) groups excluding carboxylic acids is 1. The van der Waals surface area contributed by atoms with Crippen LogP contribution < -0.4 is 11.1 Å². The molecule has 3 atom stereocenters. The molecular formula is C15H28N2O. The van der Waals surface area contributed by atoms with Crippen LogP contribution in [0.25, 0.3) is 0 Å². The zero-order chi connectivity index (χ0) is 13.0. The van der Waals surface area contributed by atoms with Crippen molar-refractivity contribution in [2.24, 2.45) is 23.5 Å². The molecule has 0 aromatic rings. The second-order valence-corrected chi connectivity index (χ2v) is 6.48. The molecule has 0 aromatic heterocycles. The Balaban J connectivity index is 1.55. The normalized spacial score (nSPS) is 29.9. The standard InChI is InChI=1S/C15H28N2O/c1-11-3-2-4-12(9-11)7-8-17-15(18)10-14(16)13-5-6-13/h11-14H,2-10,16H2,1H3,(H,17,18). The van der Waals surface area contributed by atoms with E-state index in [0.29, 0.717) is 12.3 Å². The molecule has 2 aliphatic rings. The first kappa shape index (κ1) is 13.9. The SMILES string of the molecule is CC1CCCC(CCNC(=O)CC(N)C2CC2)C1. The average Bonchev–Trinajstić information content (AvgIpc) is 3.12. The Morgan fingerprint density at radius 1 is 1.33 bits per heavy atom. The van der Waals surface area contributed by atoms with Crippen LogP contribution in [0.1, 0.15) is 58.3 Å². The molecule has 0 aromatic carbocycles. The van der Waals surface area contributed by atoms with Crippen LogP contribution in [0.4, 0.5) is 0 Å². The first-order valence-corrected chi connectivity index (χ1v) is 7.67. The van der Waals surface area contributed by atoms with Gasteiger partial charge in [0.15, 0.2) is 0 Å². The van der Waals surface area contributed by atoms with E-state index < -0.39 is 0 Å². The zero-order valence-corrected chi connectivity index (χ0v) is 11.7. The van der Waals surface area contributed by atoms with Gasteiger partial charge in [-0.25, -0.2) is 0 Å². The van der Waals surface area contributed by atoms with Crippen molar-refractivity contribution in [3.63, 3.8) is 0 Å². The highest BCUT2D eigenvalue weighted by Crippen LogP contribution is 2.33. The van der Waals surface area contributed by atoms with Crippen LogP contribution in [0.2, 0.25) is 0 Å².